The molecule has 0 aliphatic carbocycles. The molecular weight excluding hydrogens is 382 g/mol. The lowest BCUT2D eigenvalue weighted by molar-refractivity contribution is -0.121. The molecule has 154 valence electrons. The van der Waals surface area contributed by atoms with Crippen LogP contribution >= 0.6 is 11.6 Å². The molecule has 3 rings (SSSR count). The number of ether oxygens (including phenoxy) is 2. The second-order valence-corrected chi connectivity index (χ2v) is 8.64. The van der Waals surface area contributed by atoms with Gasteiger partial charge in [0, 0.05) is 37.2 Å². The van der Waals surface area contributed by atoms with E-state index in [0.29, 0.717) is 17.3 Å². The molecule has 1 fully saturated rings. The van der Waals surface area contributed by atoms with E-state index in [0.717, 1.165) is 38.2 Å². The summed E-state index contributed by atoms with van der Waals surface area (Å²) in [5, 5.41) is 3.52. The van der Waals surface area contributed by atoms with Gasteiger partial charge in [0.15, 0.2) is 6.61 Å². The van der Waals surface area contributed by atoms with E-state index < -0.39 is 5.60 Å². The SMILES string of the molecule is CC(C)(C)OC(=O)NC1CCN(CCN2C(=O)COc3ccc(Cl)cc32)CC1. The number of nitrogens with one attached hydrogen (secondary N) is 1. The molecule has 0 unspecified atom stereocenters. The lowest BCUT2D eigenvalue weighted by Gasteiger charge is -2.35. The Labute approximate surface area is 170 Å². The summed E-state index contributed by atoms with van der Waals surface area (Å²) in [7, 11) is 0. The molecule has 2 aliphatic heterocycles. The van der Waals surface area contributed by atoms with Crippen molar-refractivity contribution < 1.29 is 19.1 Å². The van der Waals surface area contributed by atoms with Gasteiger partial charge in [0.25, 0.3) is 5.91 Å². The van der Waals surface area contributed by atoms with Gasteiger partial charge in [-0.25, -0.2) is 4.79 Å². The van der Waals surface area contributed by atoms with Gasteiger partial charge >= 0.3 is 6.09 Å². The minimum atomic E-state index is -0.491. The normalized spacial score (nSPS) is 18.4. The highest BCUT2D eigenvalue weighted by Crippen LogP contribution is 2.34. The number of carbonyl (C=O) groups is 2. The van der Waals surface area contributed by atoms with Crippen LogP contribution in [0.4, 0.5) is 10.5 Å². The van der Waals surface area contributed by atoms with Gasteiger partial charge in [-0.2, -0.15) is 0 Å². The summed E-state index contributed by atoms with van der Waals surface area (Å²) >= 11 is 6.09. The number of hydrogen-bond acceptors (Lipinski definition) is 5. The minimum absolute atomic E-state index is 0.0521. The Morgan fingerprint density at radius 2 is 2.00 bits per heavy atom. The molecule has 0 spiro atoms. The molecule has 0 atom stereocenters. The van der Waals surface area contributed by atoms with E-state index in [2.05, 4.69) is 10.2 Å². The zero-order valence-corrected chi connectivity index (χ0v) is 17.4. The molecular formula is C20H28ClN3O4. The van der Waals surface area contributed by atoms with Crippen LogP contribution in [-0.4, -0.2) is 61.3 Å². The Kier molecular flexibility index (Phi) is 6.35. The van der Waals surface area contributed by atoms with Gasteiger partial charge in [0.1, 0.15) is 11.4 Å². The predicted molar refractivity (Wildman–Crippen MR) is 108 cm³/mol. The van der Waals surface area contributed by atoms with Crippen LogP contribution in [0.3, 0.4) is 0 Å². The van der Waals surface area contributed by atoms with Gasteiger partial charge in [-0.05, 0) is 51.8 Å². The van der Waals surface area contributed by atoms with E-state index in [1.54, 1.807) is 23.1 Å². The maximum Gasteiger partial charge on any atom is 0.407 e. The second kappa shape index (κ2) is 8.57. The summed E-state index contributed by atoms with van der Waals surface area (Å²) < 4.78 is 10.8. The van der Waals surface area contributed by atoms with Crippen molar-refractivity contribution in [2.24, 2.45) is 0 Å². The summed E-state index contributed by atoms with van der Waals surface area (Å²) in [5.41, 5.74) is 0.236. The van der Waals surface area contributed by atoms with Crippen molar-refractivity contribution >= 4 is 29.3 Å². The Morgan fingerprint density at radius 1 is 1.29 bits per heavy atom. The van der Waals surface area contributed by atoms with Gasteiger partial charge in [0.05, 0.1) is 5.69 Å². The van der Waals surface area contributed by atoms with Crippen LogP contribution in [-0.2, 0) is 9.53 Å². The minimum Gasteiger partial charge on any atom is -0.482 e. The number of halogens is 1. The fraction of sp³-hybridized carbons (Fsp3) is 0.600. The summed E-state index contributed by atoms with van der Waals surface area (Å²) in [6.45, 7) is 8.68. The third kappa shape index (κ3) is 5.52. The van der Waals surface area contributed by atoms with Crippen molar-refractivity contribution in [3.63, 3.8) is 0 Å². The molecule has 0 aromatic heterocycles. The van der Waals surface area contributed by atoms with Crippen molar-refractivity contribution in [2.45, 2.75) is 45.3 Å². The number of alkyl carbamates (subject to hydrolysis) is 1. The van der Waals surface area contributed by atoms with E-state index >= 15 is 0 Å². The van der Waals surface area contributed by atoms with Crippen LogP contribution < -0.4 is 15.0 Å². The van der Waals surface area contributed by atoms with Gasteiger partial charge in [-0.1, -0.05) is 11.6 Å². The van der Waals surface area contributed by atoms with Gasteiger partial charge in [0.2, 0.25) is 0 Å². The number of piperidine rings is 1. The van der Waals surface area contributed by atoms with E-state index in [1.807, 2.05) is 20.8 Å². The number of carbonyl (C=O) groups excluding carboxylic acids is 2. The zero-order valence-electron chi connectivity index (χ0n) is 16.7. The summed E-state index contributed by atoms with van der Waals surface area (Å²) in [6.07, 6.45) is 1.36. The standard InChI is InChI=1S/C20H28ClN3O4/c1-20(2,3)28-19(26)22-15-6-8-23(9-7-15)10-11-24-16-12-14(21)4-5-17(16)27-13-18(24)25/h4-5,12,15H,6-11,13H2,1-3H3,(H,22,26). The molecule has 2 amide bonds. The van der Waals surface area contributed by atoms with Crippen molar-refractivity contribution in [3.8, 4) is 5.75 Å². The maximum atomic E-state index is 12.3. The highest BCUT2D eigenvalue weighted by atomic mass is 35.5. The third-order valence-corrected chi connectivity index (χ3v) is 5.05. The van der Waals surface area contributed by atoms with E-state index in [1.165, 1.54) is 0 Å². The van der Waals surface area contributed by atoms with Crippen molar-refractivity contribution in [2.75, 3.05) is 37.7 Å². The van der Waals surface area contributed by atoms with E-state index in [9.17, 15) is 9.59 Å². The molecule has 8 heteroatoms. The second-order valence-electron chi connectivity index (χ2n) is 8.21. The van der Waals surface area contributed by atoms with Crippen LogP contribution in [0.2, 0.25) is 5.02 Å². The van der Waals surface area contributed by atoms with Gasteiger partial charge in [-0.15, -0.1) is 0 Å². The number of nitrogens with zero attached hydrogens (tertiary/aromatic N) is 2. The van der Waals surface area contributed by atoms with Gasteiger partial charge < -0.3 is 24.6 Å². The van der Waals surface area contributed by atoms with Crippen LogP contribution in [0, 0.1) is 0 Å². The van der Waals surface area contributed by atoms with Crippen LogP contribution in [0.25, 0.3) is 0 Å². The maximum absolute atomic E-state index is 12.3. The first-order chi connectivity index (χ1) is 13.2. The highest BCUT2D eigenvalue weighted by molar-refractivity contribution is 6.31. The Balaban J connectivity index is 1.48. The first kappa shape index (κ1) is 20.7. The predicted octanol–water partition coefficient (Wildman–Crippen LogP) is 3.05. The van der Waals surface area contributed by atoms with E-state index in [-0.39, 0.29) is 24.6 Å². The molecule has 0 bridgehead atoms. The first-order valence-corrected chi connectivity index (χ1v) is 10.0. The highest BCUT2D eigenvalue weighted by Gasteiger charge is 2.28. The number of benzene rings is 1. The third-order valence-electron chi connectivity index (χ3n) is 4.81. The number of hydrogen-bond donors (Lipinski definition) is 1. The lowest BCUT2D eigenvalue weighted by atomic mass is 10.1. The quantitative estimate of drug-likeness (QED) is 0.827. The van der Waals surface area contributed by atoms with Gasteiger partial charge in [-0.3, -0.25) is 4.79 Å². The fourth-order valence-electron chi connectivity index (χ4n) is 3.44. The Hall–Kier alpha value is -1.99. The molecule has 2 heterocycles. The molecule has 28 heavy (non-hydrogen) atoms. The van der Waals surface area contributed by atoms with Crippen LogP contribution in [0.1, 0.15) is 33.6 Å². The summed E-state index contributed by atoms with van der Waals surface area (Å²) in [6, 6.07) is 5.45. The molecule has 0 radical (unpaired) electrons. The number of anilines is 1. The largest absolute Gasteiger partial charge is 0.482 e. The molecule has 1 saturated heterocycles. The molecule has 1 aromatic rings. The molecule has 7 nitrogen and oxygen atoms in total. The Bertz CT molecular complexity index is 727. The molecule has 1 N–H and O–H groups in total. The topological polar surface area (TPSA) is 71.1 Å². The average molecular weight is 410 g/mol. The summed E-state index contributed by atoms with van der Waals surface area (Å²) in [4.78, 5) is 28.3. The molecule has 2 aliphatic rings. The van der Waals surface area contributed by atoms with E-state index in [4.69, 9.17) is 21.1 Å². The van der Waals surface area contributed by atoms with Crippen LogP contribution in [0.5, 0.6) is 5.75 Å². The number of rotatable bonds is 4. The molecule has 1 aromatic carbocycles. The fourth-order valence-corrected chi connectivity index (χ4v) is 3.60. The molecule has 0 saturated carbocycles. The number of likely N-dealkylation sites (tertiary alicyclic amines) is 1. The lowest BCUT2D eigenvalue weighted by Crippen LogP contribution is -2.48. The Morgan fingerprint density at radius 3 is 2.68 bits per heavy atom. The van der Waals surface area contributed by atoms with Crippen molar-refractivity contribution in [3.05, 3.63) is 23.2 Å². The number of amides is 2. The van der Waals surface area contributed by atoms with Crippen molar-refractivity contribution in [1.29, 1.82) is 0 Å². The van der Waals surface area contributed by atoms with Crippen LogP contribution in [0.15, 0.2) is 18.2 Å². The first-order valence-electron chi connectivity index (χ1n) is 9.66. The zero-order chi connectivity index (χ0) is 20.3. The smallest absolute Gasteiger partial charge is 0.407 e. The monoisotopic (exact) mass is 409 g/mol. The average Bonchev–Trinajstić information content (AvgIpc) is 2.60. The van der Waals surface area contributed by atoms with Crippen molar-refractivity contribution in [1.82, 2.24) is 10.2 Å². The summed E-state index contributed by atoms with van der Waals surface area (Å²) in [5.74, 6) is 0.625. The number of fused-ring (bicyclic) bond motifs is 1.